The molecule has 1 heterocycles. The molecule has 0 aliphatic rings. The molecule has 0 atom stereocenters. The number of halogens is 4. The van der Waals surface area contributed by atoms with Crippen molar-refractivity contribution in [1.82, 2.24) is 4.98 Å². The normalized spacial score (nSPS) is 11.3. The Morgan fingerprint density at radius 3 is 1.95 bits per heavy atom. The number of rotatable bonds is 6. The van der Waals surface area contributed by atoms with Gasteiger partial charge in [0.15, 0.2) is 0 Å². The zero-order valence-electron chi connectivity index (χ0n) is 24.0. The highest BCUT2D eigenvalue weighted by molar-refractivity contribution is 5.84. The van der Waals surface area contributed by atoms with Crippen molar-refractivity contribution >= 4 is 17.2 Å². The van der Waals surface area contributed by atoms with Crippen LogP contribution in [0.2, 0.25) is 0 Å². The zero-order chi connectivity index (χ0) is 29.4. The van der Waals surface area contributed by atoms with Gasteiger partial charge in [-0.3, -0.25) is 9.79 Å². The number of aryl methyl sites for hydroxylation is 3. The first-order chi connectivity index (χ1) is 17.0. The van der Waals surface area contributed by atoms with Crippen molar-refractivity contribution in [1.29, 1.82) is 0 Å². The quantitative estimate of drug-likeness (QED) is 0.301. The molecule has 0 aliphatic heterocycles. The highest BCUT2D eigenvalue weighted by Gasteiger charge is 2.32. The number of alkyl halides is 3. The second-order valence-electron chi connectivity index (χ2n) is 9.03. The predicted octanol–water partition coefficient (Wildman–Crippen LogP) is 8.90. The first-order valence-electron chi connectivity index (χ1n) is 12.6. The molecule has 4 nitrogen and oxygen atoms in total. The highest BCUT2D eigenvalue weighted by Crippen LogP contribution is 2.30. The maximum atomic E-state index is 12.6. The van der Waals surface area contributed by atoms with E-state index in [-0.39, 0.29) is 18.0 Å². The van der Waals surface area contributed by atoms with Crippen LogP contribution in [0.25, 0.3) is 0 Å². The fourth-order valence-corrected chi connectivity index (χ4v) is 2.76. The average Bonchev–Trinajstić information content (AvgIpc) is 2.78. The van der Waals surface area contributed by atoms with Crippen LogP contribution in [0, 0.1) is 26.6 Å². The summed E-state index contributed by atoms with van der Waals surface area (Å²) in [5.41, 5.74) is 1.68. The maximum Gasteiger partial charge on any atom is 0.433 e. The fourth-order valence-electron chi connectivity index (χ4n) is 2.76. The number of pyridine rings is 1. The van der Waals surface area contributed by atoms with E-state index in [1.165, 1.54) is 19.1 Å². The number of hydrogen-bond donors (Lipinski definition) is 1. The van der Waals surface area contributed by atoms with Gasteiger partial charge >= 0.3 is 6.18 Å². The van der Waals surface area contributed by atoms with Crippen molar-refractivity contribution in [3.8, 4) is 0 Å². The number of aliphatic imine (C=N–C) groups is 1. The van der Waals surface area contributed by atoms with E-state index in [1.54, 1.807) is 33.8 Å². The molecule has 2 aromatic rings. The molecule has 210 valence electrons. The van der Waals surface area contributed by atoms with Gasteiger partial charge < -0.3 is 5.11 Å². The van der Waals surface area contributed by atoms with Crippen molar-refractivity contribution in [2.45, 2.75) is 107 Å². The molecule has 1 aromatic heterocycles. The van der Waals surface area contributed by atoms with Gasteiger partial charge in [-0.1, -0.05) is 46.2 Å². The second-order valence-corrected chi connectivity index (χ2v) is 9.03. The lowest BCUT2D eigenvalue weighted by Gasteiger charge is -2.14. The van der Waals surface area contributed by atoms with E-state index < -0.39 is 17.5 Å². The Hall–Kier alpha value is -2.61. The molecule has 2 rings (SSSR count). The molecule has 0 radical (unpaired) electrons. The van der Waals surface area contributed by atoms with Crippen LogP contribution in [-0.2, 0) is 11.0 Å². The van der Waals surface area contributed by atoms with Gasteiger partial charge in [-0.05, 0) is 77.3 Å². The van der Waals surface area contributed by atoms with Gasteiger partial charge in [-0.25, -0.2) is 9.37 Å². The molecule has 0 spiro atoms. The van der Waals surface area contributed by atoms with Gasteiger partial charge in [0, 0.05) is 18.6 Å². The Morgan fingerprint density at radius 2 is 1.59 bits per heavy atom. The fraction of sp³-hybridized carbons (Fsp3) is 0.552. The third-order valence-electron chi connectivity index (χ3n) is 4.62. The van der Waals surface area contributed by atoms with E-state index in [2.05, 4.69) is 9.98 Å². The number of aliphatic hydroxyl groups is 1. The summed E-state index contributed by atoms with van der Waals surface area (Å²) >= 11 is 0. The minimum Gasteiger partial charge on any atom is -0.390 e. The van der Waals surface area contributed by atoms with E-state index in [4.69, 9.17) is 5.11 Å². The number of ketones is 1. The molecule has 0 fully saturated rings. The Balaban J connectivity index is 0. The number of benzene rings is 1. The summed E-state index contributed by atoms with van der Waals surface area (Å²) in [7, 11) is 0. The van der Waals surface area contributed by atoms with Crippen LogP contribution in [0.15, 0.2) is 35.3 Å². The lowest BCUT2D eigenvalue weighted by atomic mass is 10.0. The molecule has 0 saturated heterocycles. The lowest BCUT2D eigenvalue weighted by Crippen LogP contribution is -2.22. The molecular formula is C29H44F4N2O2. The standard InChI is InChI=1S/C12H15F3N2.C8H9F.C7H14O2.C2H6/c1-4-5-8(2)16-10-6-7-11(12(13,14)15)17-9(10)3;1-6-3-4-7(2)8(9)5-6;1-4-6(8)5-7(2,3)9;1-2/h6-7H,4-5H2,1-3H3;3-5H,1-2H3;9H,4-5H2,1-3H3;1-2H3. The Morgan fingerprint density at radius 1 is 1.03 bits per heavy atom. The molecule has 0 saturated carbocycles. The van der Waals surface area contributed by atoms with Crippen LogP contribution in [0.5, 0.6) is 0 Å². The summed E-state index contributed by atoms with van der Waals surface area (Å²) in [6.07, 6.45) is -1.82. The molecule has 37 heavy (non-hydrogen) atoms. The number of hydrogen-bond acceptors (Lipinski definition) is 4. The summed E-state index contributed by atoms with van der Waals surface area (Å²) in [5.74, 6) is -0.00231. The third kappa shape index (κ3) is 17.5. The minimum absolute atomic E-state index is 0.113. The second kappa shape index (κ2) is 17.8. The van der Waals surface area contributed by atoms with Crippen LogP contribution >= 0.6 is 0 Å². The van der Waals surface area contributed by atoms with Gasteiger partial charge in [0.05, 0.1) is 17.0 Å². The molecule has 0 bridgehead atoms. The van der Waals surface area contributed by atoms with Crippen LogP contribution in [-0.4, -0.2) is 27.2 Å². The SMILES string of the molecule is CC.CCC(=O)CC(C)(C)O.CCCC(C)=Nc1ccc(C(F)(F)F)nc1C.Cc1ccc(C)c(F)c1. The van der Waals surface area contributed by atoms with Gasteiger partial charge in [-0.2, -0.15) is 13.2 Å². The first kappa shape index (κ1) is 36.5. The van der Waals surface area contributed by atoms with E-state index in [9.17, 15) is 22.4 Å². The Bertz CT molecular complexity index is 979. The van der Waals surface area contributed by atoms with Crippen LogP contribution in [0.4, 0.5) is 23.2 Å². The monoisotopic (exact) mass is 528 g/mol. The van der Waals surface area contributed by atoms with E-state index in [0.717, 1.165) is 30.2 Å². The topological polar surface area (TPSA) is 62.5 Å². The first-order valence-corrected chi connectivity index (χ1v) is 12.6. The summed E-state index contributed by atoms with van der Waals surface area (Å²) in [6.45, 7) is 18.1. The van der Waals surface area contributed by atoms with Crippen molar-refractivity contribution in [3.05, 3.63) is 58.7 Å². The summed E-state index contributed by atoms with van der Waals surface area (Å²) < 4.78 is 49.7. The van der Waals surface area contributed by atoms with Gasteiger partial charge in [0.25, 0.3) is 0 Å². The summed E-state index contributed by atoms with van der Waals surface area (Å²) in [5, 5.41) is 9.10. The van der Waals surface area contributed by atoms with Gasteiger partial charge in [0.2, 0.25) is 0 Å². The van der Waals surface area contributed by atoms with Crippen molar-refractivity contribution in [2.24, 2.45) is 4.99 Å². The lowest BCUT2D eigenvalue weighted by molar-refractivity contribution is -0.141. The Kier molecular flexibility index (Phi) is 17.6. The van der Waals surface area contributed by atoms with Crippen molar-refractivity contribution in [3.63, 3.8) is 0 Å². The van der Waals surface area contributed by atoms with Crippen molar-refractivity contribution in [2.75, 3.05) is 0 Å². The van der Waals surface area contributed by atoms with Crippen LogP contribution in [0.1, 0.15) is 96.7 Å². The van der Waals surface area contributed by atoms with E-state index in [1.807, 2.05) is 40.7 Å². The number of carbonyl (C=O) groups is 1. The predicted molar refractivity (Wildman–Crippen MR) is 145 cm³/mol. The molecule has 0 unspecified atom stereocenters. The molecule has 1 N–H and O–H groups in total. The summed E-state index contributed by atoms with van der Waals surface area (Å²) in [6, 6.07) is 7.55. The smallest absolute Gasteiger partial charge is 0.390 e. The summed E-state index contributed by atoms with van der Waals surface area (Å²) in [4.78, 5) is 18.5. The van der Waals surface area contributed by atoms with Crippen LogP contribution in [0.3, 0.4) is 0 Å². The van der Waals surface area contributed by atoms with Crippen LogP contribution < -0.4 is 0 Å². The van der Waals surface area contributed by atoms with E-state index in [0.29, 0.717) is 23.4 Å². The number of nitrogens with zero attached hydrogens (tertiary/aromatic N) is 2. The van der Waals surface area contributed by atoms with Gasteiger partial charge in [-0.15, -0.1) is 0 Å². The van der Waals surface area contributed by atoms with Gasteiger partial charge in [0.1, 0.15) is 17.3 Å². The maximum absolute atomic E-state index is 12.6. The van der Waals surface area contributed by atoms with Crippen molar-refractivity contribution < 1.29 is 27.5 Å². The number of carbonyl (C=O) groups excluding carboxylic acids is 1. The largest absolute Gasteiger partial charge is 0.433 e. The Labute approximate surface area is 220 Å². The molecular weight excluding hydrogens is 484 g/mol. The average molecular weight is 529 g/mol. The highest BCUT2D eigenvalue weighted by atomic mass is 19.4. The molecule has 0 aliphatic carbocycles. The molecule has 1 aromatic carbocycles. The minimum atomic E-state index is -4.40. The van der Waals surface area contributed by atoms with E-state index >= 15 is 0 Å². The zero-order valence-corrected chi connectivity index (χ0v) is 24.0. The molecule has 0 amide bonds. The number of Topliss-reactive ketones (excluding diaryl/α,β-unsaturated/α-hetero) is 1. The third-order valence-corrected chi connectivity index (χ3v) is 4.62. The molecule has 8 heteroatoms. The number of aromatic nitrogens is 1.